The first-order valence-electron chi connectivity index (χ1n) is 9.59. The summed E-state index contributed by atoms with van der Waals surface area (Å²) in [6, 6.07) is 3.73. The third-order valence-electron chi connectivity index (χ3n) is 4.47. The number of likely N-dealkylation sites (tertiary alicyclic amines) is 1. The van der Waals surface area contributed by atoms with Crippen LogP contribution in [0.25, 0.3) is 0 Å². The first kappa shape index (κ1) is 22.3. The Morgan fingerprint density at radius 2 is 1.66 bits per heavy atom. The van der Waals surface area contributed by atoms with Gasteiger partial charge in [-0.1, -0.05) is 0 Å². The van der Waals surface area contributed by atoms with E-state index in [0.29, 0.717) is 19.6 Å². The van der Waals surface area contributed by atoms with Crippen molar-refractivity contribution < 1.29 is 29.3 Å². The average molecular weight is 407 g/mol. The topological polar surface area (TPSA) is 128 Å². The van der Waals surface area contributed by atoms with Gasteiger partial charge in [-0.15, -0.1) is 0 Å². The Morgan fingerprint density at radius 1 is 1.07 bits per heavy atom. The van der Waals surface area contributed by atoms with Crippen LogP contribution in [0.3, 0.4) is 0 Å². The third-order valence-corrected chi connectivity index (χ3v) is 4.47. The maximum Gasteiger partial charge on any atom is 0.408 e. The number of hydrogen-bond acceptors (Lipinski definition) is 6. The number of piperidine rings is 1. The molecule has 1 heterocycles. The number of carbonyl (C=O) groups excluding carboxylic acids is 3. The molecular weight excluding hydrogens is 378 g/mol. The van der Waals surface area contributed by atoms with Crippen molar-refractivity contribution >= 4 is 17.9 Å². The number of nitrogens with one attached hydrogen (secondary N) is 2. The Bertz CT molecular complexity index is 731. The van der Waals surface area contributed by atoms with Crippen LogP contribution >= 0.6 is 0 Å². The maximum atomic E-state index is 12.2. The first-order chi connectivity index (χ1) is 13.5. The van der Waals surface area contributed by atoms with Gasteiger partial charge in [-0.2, -0.15) is 0 Å². The van der Waals surface area contributed by atoms with Crippen molar-refractivity contribution in [2.45, 2.75) is 39.2 Å². The summed E-state index contributed by atoms with van der Waals surface area (Å²) in [4.78, 5) is 37.7. The number of hydrogen-bond donors (Lipinski definition) is 4. The van der Waals surface area contributed by atoms with Crippen molar-refractivity contribution in [3.63, 3.8) is 0 Å². The van der Waals surface area contributed by atoms with Crippen molar-refractivity contribution in [3.8, 4) is 11.5 Å². The molecule has 4 N–H and O–H groups in total. The monoisotopic (exact) mass is 407 g/mol. The van der Waals surface area contributed by atoms with Gasteiger partial charge >= 0.3 is 6.09 Å². The number of amides is 3. The highest BCUT2D eigenvalue weighted by atomic mass is 16.6. The van der Waals surface area contributed by atoms with Crippen LogP contribution in [-0.4, -0.2) is 64.8 Å². The van der Waals surface area contributed by atoms with Gasteiger partial charge in [0, 0.05) is 31.3 Å². The lowest BCUT2D eigenvalue weighted by molar-refractivity contribution is -0.131. The summed E-state index contributed by atoms with van der Waals surface area (Å²) >= 11 is 0. The summed E-state index contributed by atoms with van der Waals surface area (Å²) in [5.74, 6) is -0.693. The van der Waals surface area contributed by atoms with Crippen molar-refractivity contribution in [1.82, 2.24) is 15.5 Å². The quantitative estimate of drug-likeness (QED) is 0.587. The Kier molecular flexibility index (Phi) is 7.30. The Labute approximate surface area is 170 Å². The summed E-state index contributed by atoms with van der Waals surface area (Å²) in [6.45, 7) is 6.67. The molecule has 1 aromatic carbocycles. The minimum atomic E-state index is -0.624. The van der Waals surface area contributed by atoms with Gasteiger partial charge in [-0.3, -0.25) is 9.59 Å². The first-order valence-corrected chi connectivity index (χ1v) is 9.59. The van der Waals surface area contributed by atoms with Crippen LogP contribution in [-0.2, 0) is 9.53 Å². The number of nitrogens with zero attached hydrogens (tertiary/aromatic N) is 1. The van der Waals surface area contributed by atoms with Crippen LogP contribution in [0.15, 0.2) is 18.2 Å². The second kappa shape index (κ2) is 9.49. The average Bonchev–Trinajstić information content (AvgIpc) is 2.62. The molecule has 1 aliphatic heterocycles. The van der Waals surface area contributed by atoms with Gasteiger partial charge in [0.1, 0.15) is 23.6 Å². The van der Waals surface area contributed by atoms with Gasteiger partial charge in [0.15, 0.2) is 0 Å². The van der Waals surface area contributed by atoms with E-state index in [-0.39, 0.29) is 41.3 Å². The molecule has 29 heavy (non-hydrogen) atoms. The van der Waals surface area contributed by atoms with Gasteiger partial charge in [0.2, 0.25) is 5.91 Å². The van der Waals surface area contributed by atoms with Crippen LogP contribution < -0.4 is 10.6 Å². The molecule has 9 nitrogen and oxygen atoms in total. The van der Waals surface area contributed by atoms with Gasteiger partial charge in [-0.05, 0) is 51.7 Å². The lowest BCUT2D eigenvalue weighted by atomic mass is 9.96. The van der Waals surface area contributed by atoms with E-state index in [2.05, 4.69) is 10.6 Å². The van der Waals surface area contributed by atoms with Crippen LogP contribution in [0.5, 0.6) is 11.5 Å². The zero-order valence-corrected chi connectivity index (χ0v) is 17.0. The predicted molar refractivity (Wildman–Crippen MR) is 106 cm³/mol. The standard InChI is InChI=1S/C20H29N3O6/c1-20(2,3)29-19(28)22-12-17(26)23-6-4-13(5-7-23)11-21-18(27)14-8-15(24)10-16(25)9-14/h8-10,13,24-25H,4-7,11-12H2,1-3H3,(H,21,27)(H,22,28). The number of phenols is 2. The molecule has 0 saturated carbocycles. The zero-order valence-electron chi connectivity index (χ0n) is 17.0. The van der Waals surface area contributed by atoms with Gasteiger partial charge in [0.25, 0.3) is 5.91 Å². The lowest BCUT2D eigenvalue weighted by Gasteiger charge is -2.32. The molecule has 0 aliphatic carbocycles. The Hall–Kier alpha value is -2.97. The smallest absolute Gasteiger partial charge is 0.408 e. The number of ether oxygens (including phenoxy) is 1. The van der Waals surface area contributed by atoms with E-state index in [1.807, 2.05) is 0 Å². The van der Waals surface area contributed by atoms with Crippen molar-refractivity contribution in [2.24, 2.45) is 5.92 Å². The van der Waals surface area contributed by atoms with E-state index in [1.165, 1.54) is 12.1 Å². The van der Waals surface area contributed by atoms with Crippen molar-refractivity contribution in [1.29, 1.82) is 0 Å². The fourth-order valence-electron chi connectivity index (χ4n) is 3.03. The molecule has 1 aliphatic rings. The molecule has 160 valence electrons. The second-order valence-corrected chi connectivity index (χ2v) is 8.13. The molecule has 0 bridgehead atoms. The number of alkyl carbamates (subject to hydrolysis) is 1. The summed E-state index contributed by atoms with van der Waals surface area (Å²) in [7, 11) is 0. The van der Waals surface area contributed by atoms with Crippen LogP contribution in [0.1, 0.15) is 44.0 Å². The summed E-state index contributed by atoms with van der Waals surface area (Å²) in [5.41, 5.74) is -0.434. The molecule has 1 saturated heterocycles. The van der Waals surface area contributed by atoms with Crippen molar-refractivity contribution in [3.05, 3.63) is 23.8 Å². The predicted octanol–water partition coefficient (Wildman–Crippen LogP) is 1.59. The van der Waals surface area contributed by atoms with E-state index in [9.17, 15) is 24.6 Å². The van der Waals surface area contributed by atoms with E-state index in [1.54, 1.807) is 25.7 Å². The number of rotatable bonds is 5. The van der Waals surface area contributed by atoms with Gasteiger partial charge in [-0.25, -0.2) is 4.79 Å². The molecule has 0 aromatic heterocycles. The molecule has 1 aromatic rings. The zero-order chi connectivity index (χ0) is 21.6. The fourth-order valence-corrected chi connectivity index (χ4v) is 3.03. The molecule has 0 atom stereocenters. The second-order valence-electron chi connectivity index (χ2n) is 8.13. The van der Waals surface area contributed by atoms with E-state index < -0.39 is 11.7 Å². The largest absolute Gasteiger partial charge is 0.508 e. The highest BCUT2D eigenvalue weighted by molar-refractivity contribution is 5.95. The van der Waals surface area contributed by atoms with Gasteiger partial charge in [0.05, 0.1) is 0 Å². The molecule has 0 unspecified atom stereocenters. The van der Waals surface area contributed by atoms with Crippen LogP contribution in [0.4, 0.5) is 4.79 Å². The number of carbonyl (C=O) groups is 3. The molecule has 0 spiro atoms. The summed E-state index contributed by atoms with van der Waals surface area (Å²) in [5, 5.41) is 24.2. The maximum absolute atomic E-state index is 12.2. The van der Waals surface area contributed by atoms with E-state index in [0.717, 1.165) is 18.9 Å². The molecular formula is C20H29N3O6. The lowest BCUT2D eigenvalue weighted by Crippen LogP contribution is -2.46. The van der Waals surface area contributed by atoms with E-state index >= 15 is 0 Å². The number of phenolic OH excluding ortho intramolecular Hbond substituents is 2. The highest BCUT2D eigenvalue weighted by Gasteiger charge is 2.24. The number of benzene rings is 1. The Balaban J connectivity index is 1.71. The van der Waals surface area contributed by atoms with Crippen LogP contribution in [0, 0.1) is 5.92 Å². The minimum Gasteiger partial charge on any atom is -0.508 e. The summed E-state index contributed by atoms with van der Waals surface area (Å²) < 4.78 is 5.11. The molecule has 0 radical (unpaired) electrons. The Morgan fingerprint density at radius 3 is 2.21 bits per heavy atom. The minimum absolute atomic E-state index is 0.114. The van der Waals surface area contributed by atoms with Crippen LogP contribution in [0.2, 0.25) is 0 Å². The fraction of sp³-hybridized carbons (Fsp3) is 0.550. The SMILES string of the molecule is CC(C)(C)OC(=O)NCC(=O)N1CCC(CNC(=O)c2cc(O)cc(O)c2)CC1. The van der Waals surface area contributed by atoms with Crippen molar-refractivity contribution in [2.75, 3.05) is 26.2 Å². The number of aromatic hydroxyl groups is 2. The third kappa shape index (κ3) is 7.52. The molecule has 2 rings (SSSR count). The normalized spacial score (nSPS) is 14.9. The summed E-state index contributed by atoms with van der Waals surface area (Å²) in [6.07, 6.45) is 0.828. The van der Waals surface area contributed by atoms with Gasteiger partial charge < -0.3 is 30.5 Å². The molecule has 3 amide bonds. The van der Waals surface area contributed by atoms with E-state index in [4.69, 9.17) is 4.74 Å². The molecule has 9 heteroatoms. The highest BCUT2D eigenvalue weighted by Crippen LogP contribution is 2.21. The molecule has 1 fully saturated rings.